The minimum atomic E-state index is -0.300. The molecule has 0 aliphatic carbocycles. The molecule has 0 radical (unpaired) electrons. The Kier molecular flexibility index (Phi) is 6.44. The van der Waals surface area contributed by atoms with Crippen molar-refractivity contribution in [3.05, 3.63) is 34.6 Å². The van der Waals surface area contributed by atoms with Gasteiger partial charge in [-0.05, 0) is 12.1 Å². The minimum absolute atomic E-state index is 0.0321. The van der Waals surface area contributed by atoms with Gasteiger partial charge in [-0.15, -0.1) is 0 Å². The Balaban J connectivity index is 2.39. The molecular formula is C12H17ClFNO2. The molecule has 0 aliphatic rings. The van der Waals surface area contributed by atoms with Crippen LogP contribution in [0, 0.1) is 5.82 Å². The van der Waals surface area contributed by atoms with Crippen molar-refractivity contribution in [3.63, 3.8) is 0 Å². The molecule has 0 aromatic heterocycles. The number of benzene rings is 1. The Hall–Kier alpha value is -0.680. The largest absolute Gasteiger partial charge is 0.382 e. The third-order valence-corrected chi connectivity index (χ3v) is 2.62. The van der Waals surface area contributed by atoms with Crippen LogP contribution in [0.1, 0.15) is 5.56 Å². The minimum Gasteiger partial charge on any atom is -0.382 e. The Morgan fingerprint density at radius 2 is 2.18 bits per heavy atom. The van der Waals surface area contributed by atoms with Gasteiger partial charge in [-0.25, -0.2) is 4.39 Å². The third kappa shape index (κ3) is 5.00. The fraction of sp³-hybridized carbons (Fsp3) is 0.500. The zero-order valence-corrected chi connectivity index (χ0v) is 10.8. The predicted octanol–water partition coefficient (Wildman–Crippen LogP) is 2.23. The van der Waals surface area contributed by atoms with Gasteiger partial charge in [0.05, 0.1) is 12.7 Å². The van der Waals surface area contributed by atoms with Gasteiger partial charge in [-0.2, -0.15) is 0 Å². The van der Waals surface area contributed by atoms with Crippen molar-refractivity contribution in [2.45, 2.75) is 12.6 Å². The van der Waals surface area contributed by atoms with Crippen molar-refractivity contribution in [2.75, 3.05) is 27.4 Å². The highest BCUT2D eigenvalue weighted by atomic mass is 35.5. The Morgan fingerprint density at radius 3 is 2.76 bits per heavy atom. The van der Waals surface area contributed by atoms with E-state index >= 15 is 0 Å². The van der Waals surface area contributed by atoms with E-state index in [-0.39, 0.29) is 11.9 Å². The monoisotopic (exact) mass is 261 g/mol. The van der Waals surface area contributed by atoms with Gasteiger partial charge in [0.1, 0.15) is 5.82 Å². The molecule has 0 saturated heterocycles. The molecule has 0 spiro atoms. The fourth-order valence-corrected chi connectivity index (χ4v) is 1.59. The molecular weight excluding hydrogens is 245 g/mol. The molecule has 96 valence electrons. The van der Waals surface area contributed by atoms with Crippen molar-refractivity contribution in [3.8, 4) is 0 Å². The highest BCUT2D eigenvalue weighted by molar-refractivity contribution is 6.30. The highest BCUT2D eigenvalue weighted by Crippen LogP contribution is 2.14. The first-order valence-electron chi connectivity index (χ1n) is 5.33. The van der Waals surface area contributed by atoms with Crippen molar-refractivity contribution < 1.29 is 13.9 Å². The van der Waals surface area contributed by atoms with Gasteiger partial charge in [-0.3, -0.25) is 0 Å². The van der Waals surface area contributed by atoms with Crippen LogP contribution in [0.3, 0.4) is 0 Å². The van der Waals surface area contributed by atoms with E-state index in [1.807, 2.05) is 0 Å². The summed E-state index contributed by atoms with van der Waals surface area (Å²) in [5.74, 6) is -0.300. The molecule has 1 unspecified atom stereocenters. The summed E-state index contributed by atoms with van der Waals surface area (Å²) in [5, 5.41) is 3.51. The molecule has 0 saturated carbocycles. The smallest absolute Gasteiger partial charge is 0.129 e. The van der Waals surface area contributed by atoms with Gasteiger partial charge in [-0.1, -0.05) is 17.7 Å². The van der Waals surface area contributed by atoms with Crippen LogP contribution >= 0.6 is 11.6 Å². The van der Waals surface area contributed by atoms with Crippen molar-refractivity contribution in [1.29, 1.82) is 0 Å². The van der Waals surface area contributed by atoms with E-state index in [4.69, 9.17) is 21.1 Å². The van der Waals surface area contributed by atoms with Crippen molar-refractivity contribution in [1.82, 2.24) is 5.32 Å². The van der Waals surface area contributed by atoms with E-state index in [1.165, 1.54) is 6.07 Å². The summed E-state index contributed by atoms with van der Waals surface area (Å²) in [7, 11) is 3.24. The maximum atomic E-state index is 13.4. The summed E-state index contributed by atoms with van der Waals surface area (Å²) in [6.07, 6.45) is -0.0321. The zero-order chi connectivity index (χ0) is 12.7. The summed E-state index contributed by atoms with van der Waals surface area (Å²) in [6.45, 7) is 1.55. The third-order valence-electron chi connectivity index (χ3n) is 2.39. The van der Waals surface area contributed by atoms with Crippen molar-refractivity contribution >= 4 is 11.6 Å². The van der Waals surface area contributed by atoms with E-state index in [1.54, 1.807) is 26.4 Å². The first-order valence-corrected chi connectivity index (χ1v) is 5.71. The molecule has 1 aromatic carbocycles. The standard InChI is InChI=1S/C12H17ClFNO2/c1-16-8-11(17-2)7-15-6-9-3-4-10(13)5-12(9)14/h3-5,11,15H,6-8H2,1-2H3. The maximum Gasteiger partial charge on any atom is 0.129 e. The van der Waals surface area contributed by atoms with Crippen LogP contribution in [0.5, 0.6) is 0 Å². The predicted molar refractivity (Wildman–Crippen MR) is 65.8 cm³/mol. The quantitative estimate of drug-likeness (QED) is 0.817. The molecule has 0 fully saturated rings. The van der Waals surface area contributed by atoms with Crippen LogP contribution in [-0.4, -0.2) is 33.5 Å². The zero-order valence-electron chi connectivity index (χ0n) is 10.0. The van der Waals surface area contributed by atoms with Crippen LogP contribution in [-0.2, 0) is 16.0 Å². The average Bonchev–Trinajstić information content (AvgIpc) is 2.30. The molecule has 5 heteroatoms. The number of methoxy groups -OCH3 is 2. The number of nitrogens with one attached hydrogen (secondary N) is 1. The van der Waals surface area contributed by atoms with Crippen LogP contribution in [0.4, 0.5) is 4.39 Å². The van der Waals surface area contributed by atoms with Gasteiger partial charge in [0.15, 0.2) is 0 Å². The SMILES string of the molecule is COCC(CNCc1ccc(Cl)cc1F)OC. The number of rotatable bonds is 7. The molecule has 1 rings (SSSR count). The number of hydrogen-bond donors (Lipinski definition) is 1. The summed E-state index contributed by atoms with van der Waals surface area (Å²) in [6, 6.07) is 4.65. The van der Waals surface area contributed by atoms with E-state index in [9.17, 15) is 4.39 Å². The number of hydrogen-bond acceptors (Lipinski definition) is 3. The summed E-state index contributed by atoms with van der Waals surface area (Å²) >= 11 is 5.67. The molecule has 0 heterocycles. The summed E-state index contributed by atoms with van der Waals surface area (Å²) in [4.78, 5) is 0. The van der Waals surface area contributed by atoms with Crippen LogP contribution in [0.25, 0.3) is 0 Å². The molecule has 0 bridgehead atoms. The fourth-order valence-electron chi connectivity index (χ4n) is 1.43. The lowest BCUT2D eigenvalue weighted by Gasteiger charge is -2.15. The lowest BCUT2D eigenvalue weighted by molar-refractivity contribution is 0.0287. The second-order valence-corrected chi connectivity index (χ2v) is 4.12. The van der Waals surface area contributed by atoms with Crippen molar-refractivity contribution in [2.24, 2.45) is 0 Å². The van der Waals surface area contributed by atoms with Gasteiger partial charge < -0.3 is 14.8 Å². The molecule has 1 aromatic rings. The molecule has 0 amide bonds. The van der Waals surface area contributed by atoms with E-state index in [0.29, 0.717) is 30.3 Å². The molecule has 1 atom stereocenters. The van der Waals surface area contributed by atoms with Gasteiger partial charge in [0.25, 0.3) is 0 Å². The summed E-state index contributed by atoms with van der Waals surface area (Å²) < 4.78 is 23.6. The Labute approximate surface area is 106 Å². The number of ether oxygens (including phenoxy) is 2. The second kappa shape index (κ2) is 7.61. The maximum absolute atomic E-state index is 13.4. The summed E-state index contributed by atoms with van der Waals surface area (Å²) in [5.41, 5.74) is 0.585. The van der Waals surface area contributed by atoms with E-state index in [0.717, 1.165) is 0 Å². The van der Waals surface area contributed by atoms with E-state index < -0.39 is 0 Å². The van der Waals surface area contributed by atoms with Crippen LogP contribution in [0.2, 0.25) is 5.02 Å². The van der Waals surface area contributed by atoms with Gasteiger partial charge in [0.2, 0.25) is 0 Å². The Morgan fingerprint density at radius 1 is 1.41 bits per heavy atom. The molecule has 3 nitrogen and oxygen atoms in total. The van der Waals surface area contributed by atoms with Gasteiger partial charge >= 0.3 is 0 Å². The number of halogens is 2. The van der Waals surface area contributed by atoms with E-state index in [2.05, 4.69) is 5.32 Å². The topological polar surface area (TPSA) is 30.5 Å². The molecule has 17 heavy (non-hydrogen) atoms. The average molecular weight is 262 g/mol. The lowest BCUT2D eigenvalue weighted by atomic mass is 10.2. The molecule has 1 N–H and O–H groups in total. The van der Waals surface area contributed by atoms with Crippen LogP contribution in [0.15, 0.2) is 18.2 Å². The first kappa shape index (κ1) is 14.4. The normalized spacial score (nSPS) is 12.7. The van der Waals surface area contributed by atoms with Gasteiger partial charge in [0, 0.05) is 37.9 Å². The Bertz CT molecular complexity index is 349. The lowest BCUT2D eigenvalue weighted by Crippen LogP contribution is -2.31. The molecule has 0 aliphatic heterocycles. The van der Waals surface area contributed by atoms with Crippen LogP contribution < -0.4 is 5.32 Å². The first-order chi connectivity index (χ1) is 8.17. The highest BCUT2D eigenvalue weighted by Gasteiger charge is 2.07. The second-order valence-electron chi connectivity index (χ2n) is 3.68.